The second-order valence-corrected chi connectivity index (χ2v) is 8.34. The molecule has 3 aromatic rings. The van der Waals surface area contributed by atoms with Crippen LogP contribution in [0.2, 0.25) is 0 Å². The van der Waals surface area contributed by atoms with Crippen molar-refractivity contribution in [3.63, 3.8) is 0 Å². The van der Waals surface area contributed by atoms with E-state index in [0.717, 1.165) is 42.4 Å². The van der Waals surface area contributed by atoms with Crippen LogP contribution in [-0.2, 0) is 4.74 Å². The topological polar surface area (TPSA) is 47.4 Å². The summed E-state index contributed by atoms with van der Waals surface area (Å²) in [7, 11) is 1.39. The van der Waals surface area contributed by atoms with Gasteiger partial charge in [0.2, 0.25) is 0 Å². The van der Waals surface area contributed by atoms with Gasteiger partial charge in [0.1, 0.15) is 6.33 Å². The maximum Gasteiger partial charge on any atom is 0.358 e. The summed E-state index contributed by atoms with van der Waals surface area (Å²) in [6.45, 7) is 2.12. The largest absolute Gasteiger partial charge is 0.464 e. The molecule has 158 valence electrons. The van der Waals surface area contributed by atoms with Gasteiger partial charge in [-0.1, -0.05) is 48.0 Å². The number of imidazole rings is 1. The molecular weight excluding hydrogens is 386 g/mol. The molecule has 0 fully saturated rings. The minimum atomic E-state index is -0.429. The lowest BCUT2D eigenvalue weighted by atomic mass is 10.0. The van der Waals surface area contributed by atoms with E-state index in [2.05, 4.69) is 40.2 Å². The molecular formula is C26H27N3O2. The van der Waals surface area contributed by atoms with Crippen LogP contribution < -0.4 is 4.90 Å². The second-order valence-electron chi connectivity index (χ2n) is 8.34. The van der Waals surface area contributed by atoms with Crippen molar-refractivity contribution in [1.82, 2.24) is 9.55 Å². The molecule has 2 aliphatic rings. The Morgan fingerprint density at radius 3 is 2.68 bits per heavy atom. The first-order valence-corrected chi connectivity index (χ1v) is 11.0. The molecule has 1 aliphatic carbocycles. The van der Waals surface area contributed by atoms with E-state index in [1.54, 1.807) is 11.9 Å². The van der Waals surface area contributed by atoms with Crippen molar-refractivity contribution in [2.45, 2.75) is 25.7 Å². The van der Waals surface area contributed by atoms with Gasteiger partial charge in [-0.15, -0.1) is 0 Å². The number of hydrogen-bond acceptors (Lipinski definition) is 4. The first kappa shape index (κ1) is 19.6. The summed E-state index contributed by atoms with van der Waals surface area (Å²) in [4.78, 5) is 19.3. The quantitative estimate of drug-likeness (QED) is 0.432. The maximum atomic E-state index is 12.4. The summed E-state index contributed by atoms with van der Waals surface area (Å²) >= 11 is 0. The average molecular weight is 414 g/mol. The molecule has 31 heavy (non-hydrogen) atoms. The van der Waals surface area contributed by atoms with Crippen molar-refractivity contribution < 1.29 is 9.53 Å². The fourth-order valence-electron chi connectivity index (χ4n) is 4.78. The summed E-state index contributed by atoms with van der Waals surface area (Å²) in [5.41, 5.74) is 5.83. The molecule has 0 saturated carbocycles. The molecule has 2 heterocycles. The van der Waals surface area contributed by atoms with Crippen LogP contribution in [0.1, 0.15) is 36.2 Å². The van der Waals surface area contributed by atoms with Crippen molar-refractivity contribution in [2.24, 2.45) is 5.92 Å². The van der Waals surface area contributed by atoms with Crippen molar-refractivity contribution in [3.8, 4) is 16.9 Å². The highest BCUT2D eigenvalue weighted by atomic mass is 16.5. The van der Waals surface area contributed by atoms with Gasteiger partial charge in [-0.3, -0.25) is 4.57 Å². The molecule has 1 aromatic heterocycles. The first-order chi connectivity index (χ1) is 15.2. The predicted octanol–water partition coefficient (Wildman–Crippen LogP) is 5.26. The van der Waals surface area contributed by atoms with E-state index in [1.807, 2.05) is 34.9 Å². The van der Waals surface area contributed by atoms with Crippen LogP contribution in [0.15, 0.2) is 72.6 Å². The van der Waals surface area contributed by atoms with E-state index in [1.165, 1.54) is 32.1 Å². The number of rotatable bonds is 4. The fraction of sp³-hybridized carbons (Fsp3) is 0.308. The lowest BCUT2D eigenvalue weighted by Crippen LogP contribution is -2.27. The number of benzene rings is 2. The monoisotopic (exact) mass is 413 g/mol. The Kier molecular flexibility index (Phi) is 5.33. The zero-order valence-corrected chi connectivity index (χ0v) is 17.8. The van der Waals surface area contributed by atoms with Crippen LogP contribution >= 0.6 is 0 Å². The third kappa shape index (κ3) is 3.88. The number of allylic oxidation sites excluding steroid dienone is 1. The zero-order valence-electron chi connectivity index (χ0n) is 17.8. The number of nitrogens with zero attached hydrogens (tertiary/aromatic N) is 3. The van der Waals surface area contributed by atoms with Crippen molar-refractivity contribution in [2.75, 3.05) is 25.1 Å². The molecule has 5 heteroatoms. The maximum absolute atomic E-state index is 12.4. The minimum absolute atomic E-state index is 0.328. The van der Waals surface area contributed by atoms with Crippen molar-refractivity contribution in [1.29, 1.82) is 0 Å². The number of ether oxygens (including phenoxy) is 1. The summed E-state index contributed by atoms with van der Waals surface area (Å²) in [5.74, 6) is 0.309. The van der Waals surface area contributed by atoms with E-state index in [-0.39, 0.29) is 0 Å². The van der Waals surface area contributed by atoms with Gasteiger partial charge in [-0.25, -0.2) is 9.78 Å². The molecule has 2 bridgehead atoms. The second kappa shape index (κ2) is 8.42. The van der Waals surface area contributed by atoms with E-state index >= 15 is 0 Å². The number of anilines is 1. The molecule has 0 spiro atoms. The third-order valence-corrected chi connectivity index (χ3v) is 6.45. The molecule has 0 saturated heterocycles. The Labute approximate surface area is 183 Å². The number of methoxy groups -OCH3 is 1. The highest BCUT2D eigenvalue weighted by molar-refractivity contribution is 5.94. The third-order valence-electron chi connectivity index (χ3n) is 6.45. The first-order valence-electron chi connectivity index (χ1n) is 11.0. The Balaban J connectivity index is 1.52. The predicted molar refractivity (Wildman–Crippen MR) is 123 cm³/mol. The van der Waals surface area contributed by atoms with Gasteiger partial charge in [-0.2, -0.15) is 0 Å². The Bertz CT molecular complexity index is 1120. The van der Waals surface area contributed by atoms with E-state index in [4.69, 9.17) is 4.74 Å². The van der Waals surface area contributed by atoms with E-state index < -0.39 is 5.97 Å². The van der Waals surface area contributed by atoms with E-state index in [0.29, 0.717) is 5.69 Å². The van der Waals surface area contributed by atoms with Crippen LogP contribution in [0.25, 0.3) is 16.9 Å². The van der Waals surface area contributed by atoms with Crippen LogP contribution in [0, 0.1) is 5.92 Å². The molecule has 1 unspecified atom stereocenters. The number of hydrogen-bond donors (Lipinski definition) is 0. The summed E-state index contributed by atoms with van der Waals surface area (Å²) < 4.78 is 6.98. The summed E-state index contributed by atoms with van der Waals surface area (Å²) in [5, 5.41) is 0. The molecule has 1 atom stereocenters. The highest BCUT2D eigenvalue weighted by Gasteiger charge is 2.23. The highest BCUT2D eigenvalue weighted by Crippen LogP contribution is 2.33. The Morgan fingerprint density at radius 2 is 1.84 bits per heavy atom. The molecule has 0 N–H and O–H groups in total. The van der Waals surface area contributed by atoms with Crippen molar-refractivity contribution >= 4 is 11.7 Å². The number of carbonyl (C=O) groups is 1. The SMILES string of the molecule is COC(=O)c1ncn(-c2cccc(N3CCC4=CC(CC4)CC3)c2)c1-c1ccccc1. The number of esters is 1. The molecule has 1 aliphatic heterocycles. The standard InChI is InChI=1S/C26H27N3O2/c1-31-26(30)24-25(21-6-3-2-4-7-21)29(18-27-24)23-9-5-8-22(17-23)28-14-12-19-10-11-20(16-19)13-15-28/h2-9,16-19H,10-15H2,1H3. The van der Waals surface area contributed by atoms with Gasteiger partial charge in [0.25, 0.3) is 0 Å². The normalized spacial score (nSPS) is 18.3. The molecule has 0 radical (unpaired) electrons. The van der Waals surface area contributed by atoms with Gasteiger partial charge in [0.05, 0.1) is 12.8 Å². The van der Waals surface area contributed by atoms with Gasteiger partial charge >= 0.3 is 5.97 Å². The fourth-order valence-corrected chi connectivity index (χ4v) is 4.78. The average Bonchev–Trinajstić information content (AvgIpc) is 3.46. The molecule has 2 aromatic carbocycles. The van der Waals surface area contributed by atoms with Crippen LogP contribution in [-0.4, -0.2) is 35.7 Å². The number of fused-ring (bicyclic) bond motifs is 1. The Hall–Kier alpha value is -3.34. The lowest BCUT2D eigenvalue weighted by Gasteiger charge is -2.27. The Morgan fingerprint density at radius 1 is 1.00 bits per heavy atom. The zero-order chi connectivity index (χ0) is 21.2. The number of carbonyl (C=O) groups excluding carboxylic acids is 1. The van der Waals surface area contributed by atoms with Crippen molar-refractivity contribution in [3.05, 3.63) is 78.3 Å². The summed E-state index contributed by atoms with van der Waals surface area (Å²) in [6.07, 6.45) is 9.17. The minimum Gasteiger partial charge on any atom is -0.464 e. The number of aromatic nitrogens is 2. The smallest absolute Gasteiger partial charge is 0.358 e. The van der Waals surface area contributed by atoms with Crippen LogP contribution in [0.5, 0.6) is 0 Å². The van der Waals surface area contributed by atoms with Crippen LogP contribution in [0.3, 0.4) is 0 Å². The van der Waals surface area contributed by atoms with Gasteiger partial charge in [0, 0.05) is 30.0 Å². The van der Waals surface area contributed by atoms with E-state index in [9.17, 15) is 4.79 Å². The lowest BCUT2D eigenvalue weighted by molar-refractivity contribution is 0.0595. The van der Waals surface area contributed by atoms with Gasteiger partial charge in [-0.05, 0) is 49.8 Å². The molecule has 5 nitrogen and oxygen atoms in total. The van der Waals surface area contributed by atoms with Gasteiger partial charge in [0.15, 0.2) is 5.69 Å². The summed E-state index contributed by atoms with van der Waals surface area (Å²) in [6, 6.07) is 18.4. The molecule has 5 rings (SSSR count). The molecule has 0 amide bonds. The van der Waals surface area contributed by atoms with Crippen LogP contribution in [0.4, 0.5) is 5.69 Å². The van der Waals surface area contributed by atoms with Gasteiger partial charge < -0.3 is 9.64 Å².